The lowest BCUT2D eigenvalue weighted by atomic mass is 10.1. The number of pyridine rings is 2. The van der Waals surface area contributed by atoms with Crippen LogP contribution in [0.25, 0.3) is 28.0 Å². The second-order valence-electron chi connectivity index (χ2n) is 7.91. The number of carbonyl (C=O) groups is 1. The van der Waals surface area contributed by atoms with Gasteiger partial charge in [0.2, 0.25) is 0 Å². The number of anilines is 1. The Morgan fingerprint density at radius 1 is 0.971 bits per heavy atom. The molecular formula is C26H24N6OS. The van der Waals surface area contributed by atoms with Gasteiger partial charge in [0.05, 0.1) is 11.9 Å². The Morgan fingerprint density at radius 3 is 2.59 bits per heavy atom. The van der Waals surface area contributed by atoms with Crippen molar-refractivity contribution in [2.45, 2.75) is 26.3 Å². The molecule has 4 aromatic heterocycles. The van der Waals surface area contributed by atoms with Crippen LogP contribution in [0.1, 0.15) is 23.8 Å². The number of fused-ring (bicyclic) bond motifs is 1. The zero-order valence-corrected chi connectivity index (χ0v) is 19.5. The van der Waals surface area contributed by atoms with E-state index < -0.39 is 0 Å². The van der Waals surface area contributed by atoms with Crippen molar-refractivity contribution in [3.63, 3.8) is 0 Å². The van der Waals surface area contributed by atoms with Crippen molar-refractivity contribution >= 4 is 28.1 Å². The summed E-state index contributed by atoms with van der Waals surface area (Å²) >= 11 is 1.51. The summed E-state index contributed by atoms with van der Waals surface area (Å²) in [5, 5.41) is 6.31. The van der Waals surface area contributed by atoms with Crippen LogP contribution in [0.4, 0.5) is 9.93 Å². The molecule has 0 radical (unpaired) electrons. The maximum absolute atomic E-state index is 12.2. The number of thiazole rings is 1. The first-order valence-corrected chi connectivity index (χ1v) is 12.0. The SMILES string of the molecule is CCCc1cnc(NC(=O)NCc2ccc(-c3cnc4cc(-c5ccncc5)ccn34)cc2)s1. The minimum Gasteiger partial charge on any atom is -0.334 e. The van der Waals surface area contributed by atoms with Gasteiger partial charge in [-0.05, 0) is 47.4 Å². The van der Waals surface area contributed by atoms with Crippen LogP contribution in [0.3, 0.4) is 0 Å². The summed E-state index contributed by atoms with van der Waals surface area (Å²) in [6, 6.07) is 16.0. The number of hydrogen-bond donors (Lipinski definition) is 2. The van der Waals surface area contributed by atoms with Crippen molar-refractivity contribution < 1.29 is 4.79 Å². The number of benzene rings is 1. The van der Waals surface area contributed by atoms with E-state index in [1.165, 1.54) is 16.2 Å². The highest BCUT2D eigenvalue weighted by Gasteiger charge is 2.09. The minimum absolute atomic E-state index is 0.256. The van der Waals surface area contributed by atoms with Crippen LogP contribution < -0.4 is 10.6 Å². The average molecular weight is 469 g/mol. The molecule has 0 aliphatic rings. The van der Waals surface area contributed by atoms with E-state index in [9.17, 15) is 4.79 Å². The van der Waals surface area contributed by atoms with Crippen molar-refractivity contribution in [3.8, 4) is 22.4 Å². The summed E-state index contributed by atoms with van der Waals surface area (Å²) < 4.78 is 2.08. The summed E-state index contributed by atoms with van der Waals surface area (Å²) in [7, 11) is 0. The fourth-order valence-electron chi connectivity index (χ4n) is 3.76. The largest absolute Gasteiger partial charge is 0.334 e. The number of rotatable bonds is 7. The molecule has 7 nitrogen and oxygen atoms in total. The Hall–Kier alpha value is -4.04. The molecule has 8 heteroatoms. The molecule has 2 N–H and O–H groups in total. The predicted molar refractivity (Wildman–Crippen MR) is 136 cm³/mol. The first-order chi connectivity index (χ1) is 16.7. The second kappa shape index (κ2) is 9.84. The van der Waals surface area contributed by atoms with Crippen LogP contribution in [0, 0.1) is 0 Å². The summed E-state index contributed by atoms with van der Waals surface area (Å²) in [6.45, 7) is 2.56. The highest BCUT2D eigenvalue weighted by atomic mass is 32.1. The highest BCUT2D eigenvalue weighted by molar-refractivity contribution is 7.15. The van der Waals surface area contributed by atoms with Crippen LogP contribution in [-0.2, 0) is 13.0 Å². The number of nitrogens with one attached hydrogen (secondary N) is 2. The van der Waals surface area contributed by atoms with E-state index in [1.54, 1.807) is 12.4 Å². The highest BCUT2D eigenvalue weighted by Crippen LogP contribution is 2.25. The third-order valence-electron chi connectivity index (χ3n) is 5.50. The number of urea groups is 1. The number of amides is 2. The fraction of sp³-hybridized carbons (Fsp3) is 0.154. The minimum atomic E-state index is -0.256. The van der Waals surface area contributed by atoms with E-state index in [-0.39, 0.29) is 6.03 Å². The Labute approximate surface area is 201 Å². The standard InChI is InChI=1S/C26H24N6OS/c1-2-3-22-16-30-26(34-22)31-25(33)29-15-18-4-6-20(7-5-18)23-17-28-24-14-21(10-13-32(23)24)19-8-11-27-12-9-19/h4-14,16-17H,2-3,15H2,1H3,(H2,29,30,31,33). The molecule has 0 atom stereocenters. The van der Waals surface area contributed by atoms with Crippen molar-refractivity contribution in [3.05, 3.63) is 90.0 Å². The zero-order valence-electron chi connectivity index (χ0n) is 18.7. The molecule has 34 heavy (non-hydrogen) atoms. The van der Waals surface area contributed by atoms with Gasteiger partial charge in [-0.25, -0.2) is 14.8 Å². The summed E-state index contributed by atoms with van der Waals surface area (Å²) in [5.74, 6) is 0. The molecule has 0 spiro atoms. The van der Waals surface area contributed by atoms with E-state index in [0.717, 1.165) is 46.4 Å². The van der Waals surface area contributed by atoms with Crippen molar-refractivity contribution in [1.29, 1.82) is 0 Å². The Kier molecular flexibility index (Phi) is 6.31. The maximum Gasteiger partial charge on any atom is 0.321 e. The van der Waals surface area contributed by atoms with Crippen LogP contribution >= 0.6 is 11.3 Å². The van der Waals surface area contributed by atoms with Gasteiger partial charge >= 0.3 is 6.03 Å². The molecule has 0 bridgehead atoms. The van der Waals surface area contributed by atoms with Gasteiger partial charge in [-0.3, -0.25) is 14.7 Å². The molecule has 0 saturated heterocycles. The normalized spacial score (nSPS) is 11.0. The van der Waals surface area contributed by atoms with E-state index >= 15 is 0 Å². The van der Waals surface area contributed by atoms with Crippen molar-refractivity contribution in [2.24, 2.45) is 0 Å². The fourth-order valence-corrected chi connectivity index (χ4v) is 4.67. The summed E-state index contributed by atoms with van der Waals surface area (Å²) in [4.78, 5) is 26.3. The Morgan fingerprint density at radius 2 is 1.79 bits per heavy atom. The molecule has 5 rings (SSSR count). The number of imidazole rings is 1. The van der Waals surface area contributed by atoms with Crippen LogP contribution in [0.2, 0.25) is 0 Å². The zero-order chi connectivity index (χ0) is 23.3. The van der Waals surface area contributed by atoms with E-state index in [0.29, 0.717) is 11.7 Å². The van der Waals surface area contributed by atoms with Gasteiger partial charge < -0.3 is 5.32 Å². The molecule has 0 unspecified atom stereocenters. The molecule has 170 valence electrons. The molecule has 4 heterocycles. The molecule has 2 amide bonds. The molecule has 0 aliphatic carbocycles. The molecule has 0 fully saturated rings. The number of aromatic nitrogens is 4. The van der Waals surface area contributed by atoms with Gasteiger partial charge in [0, 0.05) is 41.8 Å². The summed E-state index contributed by atoms with van der Waals surface area (Å²) in [6.07, 6.45) is 11.4. The smallest absolute Gasteiger partial charge is 0.321 e. The first-order valence-electron chi connectivity index (χ1n) is 11.2. The van der Waals surface area contributed by atoms with Gasteiger partial charge in [-0.1, -0.05) is 37.6 Å². The number of hydrogen-bond acceptors (Lipinski definition) is 5. The van der Waals surface area contributed by atoms with Gasteiger partial charge in [0.25, 0.3) is 0 Å². The molecule has 5 aromatic rings. The van der Waals surface area contributed by atoms with Gasteiger partial charge in [-0.2, -0.15) is 0 Å². The molecular weight excluding hydrogens is 444 g/mol. The third-order valence-corrected chi connectivity index (χ3v) is 6.47. The number of carbonyl (C=O) groups excluding carboxylic acids is 1. The first kappa shape index (κ1) is 21.8. The van der Waals surface area contributed by atoms with Crippen LogP contribution in [-0.4, -0.2) is 25.4 Å². The predicted octanol–water partition coefficient (Wildman–Crippen LogP) is 5.79. The lowest BCUT2D eigenvalue weighted by Crippen LogP contribution is -2.28. The third kappa shape index (κ3) is 4.82. The quantitative estimate of drug-likeness (QED) is 0.316. The van der Waals surface area contributed by atoms with Gasteiger partial charge in [-0.15, -0.1) is 11.3 Å². The lowest BCUT2D eigenvalue weighted by molar-refractivity contribution is 0.251. The van der Waals surface area contributed by atoms with E-state index in [4.69, 9.17) is 0 Å². The lowest BCUT2D eigenvalue weighted by Gasteiger charge is -2.08. The molecule has 1 aromatic carbocycles. The molecule has 0 aliphatic heterocycles. The van der Waals surface area contributed by atoms with Crippen LogP contribution in [0.15, 0.2) is 79.5 Å². The van der Waals surface area contributed by atoms with Crippen LogP contribution in [0.5, 0.6) is 0 Å². The van der Waals surface area contributed by atoms with E-state index in [2.05, 4.69) is 49.0 Å². The monoisotopic (exact) mass is 468 g/mol. The van der Waals surface area contributed by atoms with Crippen molar-refractivity contribution in [2.75, 3.05) is 5.32 Å². The van der Waals surface area contributed by atoms with Crippen molar-refractivity contribution in [1.82, 2.24) is 24.7 Å². The van der Waals surface area contributed by atoms with Gasteiger partial charge in [0.1, 0.15) is 5.65 Å². The van der Waals surface area contributed by atoms with Gasteiger partial charge in [0.15, 0.2) is 5.13 Å². The second-order valence-corrected chi connectivity index (χ2v) is 9.02. The Balaban J connectivity index is 1.23. The van der Waals surface area contributed by atoms with E-state index in [1.807, 2.05) is 55.0 Å². The maximum atomic E-state index is 12.2. The Bertz CT molecular complexity index is 1410. The topological polar surface area (TPSA) is 84.2 Å². The molecule has 0 saturated carbocycles. The number of nitrogens with zero attached hydrogens (tertiary/aromatic N) is 4. The average Bonchev–Trinajstić information content (AvgIpc) is 3.50. The number of aryl methyl sites for hydroxylation is 1. The summed E-state index contributed by atoms with van der Waals surface area (Å²) in [5.41, 5.74) is 6.18.